The third-order valence-corrected chi connectivity index (χ3v) is 4.50. The number of fused-ring (bicyclic) bond motifs is 1. The van der Waals surface area contributed by atoms with Crippen LogP contribution in [0.2, 0.25) is 0 Å². The number of aromatic nitrogens is 1. The summed E-state index contributed by atoms with van der Waals surface area (Å²) in [6.45, 7) is 4.34. The largest absolute Gasteiger partial charge is 0.361 e. The van der Waals surface area contributed by atoms with Gasteiger partial charge in [0, 0.05) is 29.2 Å². The average Bonchev–Trinajstić information content (AvgIpc) is 2.82. The molecule has 1 aromatic carbocycles. The summed E-state index contributed by atoms with van der Waals surface area (Å²) in [5.41, 5.74) is 2.21. The molecule has 1 amide bonds. The predicted octanol–water partition coefficient (Wildman–Crippen LogP) is 3.50. The van der Waals surface area contributed by atoms with Gasteiger partial charge < -0.3 is 9.88 Å². The lowest BCUT2D eigenvalue weighted by Crippen LogP contribution is -2.48. The predicted molar refractivity (Wildman–Crippen MR) is 81.6 cm³/mol. The maximum absolute atomic E-state index is 12.6. The molecule has 1 aliphatic rings. The third kappa shape index (κ3) is 2.33. The van der Waals surface area contributed by atoms with Crippen LogP contribution in [0.3, 0.4) is 0 Å². The van der Waals surface area contributed by atoms with E-state index in [1.54, 1.807) is 0 Å². The first kappa shape index (κ1) is 13.2. The molecule has 1 N–H and O–H groups in total. The van der Waals surface area contributed by atoms with Gasteiger partial charge in [-0.15, -0.1) is 0 Å². The monoisotopic (exact) mass is 270 g/mol. The zero-order valence-corrected chi connectivity index (χ0v) is 12.2. The Balaban J connectivity index is 1.81. The van der Waals surface area contributed by atoms with E-state index in [1.165, 1.54) is 6.42 Å². The van der Waals surface area contributed by atoms with Gasteiger partial charge in [-0.25, -0.2) is 0 Å². The molecule has 2 atom stereocenters. The summed E-state index contributed by atoms with van der Waals surface area (Å²) in [5.74, 6) is 0.259. The van der Waals surface area contributed by atoms with Crippen LogP contribution in [0.15, 0.2) is 30.5 Å². The van der Waals surface area contributed by atoms with E-state index in [4.69, 9.17) is 0 Å². The third-order valence-electron chi connectivity index (χ3n) is 4.50. The van der Waals surface area contributed by atoms with Crippen molar-refractivity contribution in [2.75, 3.05) is 0 Å². The Bertz CT molecular complexity index is 606. The molecule has 0 spiro atoms. The summed E-state index contributed by atoms with van der Waals surface area (Å²) in [7, 11) is 0. The maximum Gasteiger partial charge on any atom is 0.227 e. The summed E-state index contributed by atoms with van der Waals surface area (Å²) in [6.07, 6.45) is 5.97. The highest BCUT2D eigenvalue weighted by Crippen LogP contribution is 2.25. The van der Waals surface area contributed by atoms with Gasteiger partial charge in [-0.3, -0.25) is 4.79 Å². The van der Waals surface area contributed by atoms with E-state index in [0.29, 0.717) is 18.5 Å². The molecule has 3 rings (SSSR count). The molecule has 0 bridgehead atoms. The first-order chi connectivity index (χ1) is 9.66. The van der Waals surface area contributed by atoms with Gasteiger partial charge in [-0.05, 0) is 44.7 Å². The molecule has 2 heterocycles. The van der Waals surface area contributed by atoms with Gasteiger partial charge in [0.15, 0.2) is 0 Å². The van der Waals surface area contributed by atoms with Crippen LogP contribution < -0.4 is 0 Å². The van der Waals surface area contributed by atoms with E-state index in [-0.39, 0.29) is 5.91 Å². The second-order valence-electron chi connectivity index (χ2n) is 5.97. The minimum absolute atomic E-state index is 0.259. The Labute approximate surface area is 120 Å². The van der Waals surface area contributed by atoms with E-state index in [0.717, 1.165) is 29.3 Å². The molecule has 0 saturated carbocycles. The summed E-state index contributed by atoms with van der Waals surface area (Å²) in [6, 6.07) is 8.91. The number of aromatic amines is 1. The second-order valence-corrected chi connectivity index (χ2v) is 5.97. The molecule has 1 fully saturated rings. The van der Waals surface area contributed by atoms with Crippen LogP contribution in [0, 0.1) is 0 Å². The Morgan fingerprint density at radius 1 is 1.25 bits per heavy atom. The van der Waals surface area contributed by atoms with Crippen LogP contribution in [-0.4, -0.2) is 27.9 Å². The molecule has 1 aliphatic heterocycles. The number of hydrogen-bond donors (Lipinski definition) is 1. The zero-order valence-electron chi connectivity index (χ0n) is 12.2. The van der Waals surface area contributed by atoms with Crippen molar-refractivity contribution in [2.45, 2.75) is 51.6 Å². The van der Waals surface area contributed by atoms with Crippen LogP contribution in [0.4, 0.5) is 0 Å². The van der Waals surface area contributed by atoms with E-state index >= 15 is 0 Å². The average molecular weight is 270 g/mol. The lowest BCUT2D eigenvalue weighted by atomic mass is 9.96. The van der Waals surface area contributed by atoms with Crippen LogP contribution in [0.1, 0.15) is 38.7 Å². The lowest BCUT2D eigenvalue weighted by molar-refractivity contribution is -0.136. The van der Waals surface area contributed by atoms with Gasteiger partial charge in [0.1, 0.15) is 0 Å². The number of nitrogens with one attached hydrogen (secondary N) is 1. The van der Waals surface area contributed by atoms with E-state index in [2.05, 4.69) is 35.9 Å². The number of likely N-dealkylation sites (tertiary alicyclic amines) is 1. The van der Waals surface area contributed by atoms with Crippen LogP contribution in [0.25, 0.3) is 10.9 Å². The van der Waals surface area contributed by atoms with Crippen molar-refractivity contribution in [3.63, 3.8) is 0 Å². The van der Waals surface area contributed by atoms with Crippen LogP contribution >= 0.6 is 0 Å². The van der Waals surface area contributed by atoms with E-state index in [9.17, 15) is 4.79 Å². The number of para-hydroxylation sites is 1. The molecular weight excluding hydrogens is 248 g/mol. The molecule has 1 aromatic heterocycles. The SMILES string of the molecule is C[C@@H]1CCC[C@H](C)N1C(=O)Cc1c[nH]c2ccccc12. The molecular formula is C17H22N2O. The lowest BCUT2D eigenvalue weighted by Gasteiger charge is -2.39. The molecule has 20 heavy (non-hydrogen) atoms. The molecule has 2 aromatic rings. The topological polar surface area (TPSA) is 36.1 Å². The van der Waals surface area contributed by atoms with Gasteiger partial charge in [0.25, 0.3) is 0 Å². The molecule has 106 valence electrons. The number of nitrogens with zero attached hydrogens (tertiary/aromatic N) is 1. The minimum atomic E-state index is 0.259. The Kier molecular flexibility index (Phi) is 3.51. The van der Waals surface area contributed by atoms with Crippen LogP contribution in [0.5, 0.6) is 0 Å². The number of rotatable bonds is 2. The van der Waals surface area contributed by atoms with Crippen molar-refractivity contribution in [3.8, 4) is 0 Å². The normalized spacial score (nSPS) is 23.2. The fraction of sp³-hybridized carbons (Fsp3) is 0.471. The van der Waals surface area contributed by atoms with Crippen molar-refractivity contribution in [3.05, 3.63) is 36.0 Å². The highest BCUT2D eigenvalue weighted by molar-refractivity contribution is 5.89. The molecule has 0 radical (unpaired) electrons. The van der Waals surface area contributed by atoms with Crippen molar-refractivity contribution in [1.82, 2.24) is 9.88 Å². The number of hydrogen-bond acceptors (Lipinski definition) is 1. The van der Waals surface area contributed by atoms with Gasteiger partial charge in [0.05, 0.1) is 6.42 Å². The number of H-pyrrole nitrogens is 1. The smallest absolute Gasteiger partial charge is 0.227 e. The van der Waals surface area contributed by atoms with Gasteiger partial charge >= 0.3 is 0 Å². The summed E-state index contributed by atoms with van der Waals surface area (Å²) in [5, 5.41) is 1.16. The van der Waals surface area contributed by atoms with Gasteiger partial charge in [-0.1, -0.05) is 18.2 Å². The highest BCUT2D eigenvalue weighted by Gasteiger charge is 2.28. The molecule has 3 heteroatoms. The van der Waals surface area contributed by atoms with Crippen LogP contribution in [-0.2, 0) is 11.2 Å². The Hall–Kier alpha value is -1.77. The number of benzene rings is 1. The number of carbonyl (C=O) groups excluding carboxylic acids is 1. The first-order valence-corrected chi connectivity index (χ1v) is 7.53. The Morgan fingerprint density at radius 3 is 2.70 bits per heavy atom. The van der Waals surface area contributed by atoms with Gasteiger partial charge in [0.2, 0.25) is 5.91 Å². The molecule has 3 nitrogen and oxygen atoms in total. The fourth-order valence-electron chi connectivity index (χ4n) is 3.44. The standard InChI is InChI=1S/C17H22N2O/c1-12-6-5-7-13(2)19(12)17(20)10-14-11-18-16-9-4-3-8-15(14)16/h3-4,8-9,11-13,18H,5-7,10H2,1-2H3/t12-,13+. The number of piperidine rings is 1. The fourth-order valence-corrected chi connectivity index (χ4v) is 3.44. The highest BCUT2D eigenvalue weighted by atomic mass is 16.2. The summed E-state index contributed by atoms with van der Waals surface area (Å²) >= 11 is 0. The van der Waals surface area contributed by atoms with E-state index in [1.807, 2.05) is 18.3 Å². The quantitative estimate of drug-likeness (QED) is 0.890. The zero-order chi connectivity index (χ0) is 14.1. The van der Waals surface area contributed by atoms with Crippen molar-refractivity contribution in [1.29, 1.82) is 0 Å². The van der Waals surface area contributed by atoms with Gasteiger partial charge in [-0.2, -0.15) is 0 Å². The number of amides is 1. The Morgan fingerprint density at radius 2 is 1.95 bits per heavy atom. The summed E-state index contributed by atoms with van der Waals surface area (Å²) in [4.78, 5) is 18.0. The van der Waals surface area contributed by atoms with Crippen molar-refractivity contribution < 1.29 is 4.79 Å². The first-order valence-electron chi connectivity index (χ1n) is 7.53. The summed E-state index contributed by atoms with van der Waals surface area (Å²) < 4.78 is 0. The van der Waals surface area contributed by atoms with Crippen molar-refractivity contribution in [2.24, 2.45) is 0 Å². The minimum Gasteiger partial charge on any atom is -0.361 e. The molecule has 0 unspecified atom stereocenters. The molecule has 0 aliphatic carbocycles. The second kappa shape index (κ2) is 5.31. The maximum atomic E-state index is 12.6. The molecule has 1 saturated heterocycles. The number of carbonyl (C=O) groups is 1. The van der Waals surface area contributed by atoms with E-state index < -0.39 is 0 Å². The van der Waals surface area contributed by atoms with Crippen molar-refractivity contribution >= 4 is 16.8 Å².